The van der Waals surface area contributed by atoms with Crippen LogP contribution in [0.5, 0.6) is 0 Å². The molecular weight excluding hydrogens is 268 g/mol. The molecule has 1 saturated carbocycles. The third-order valence-electron chi connectivity index (χ3n) is 3.96. The molecule has 0 radical (unpaired) electrons. The Morgan fingerprint density at radius 1 is 1.48 bits per heavy atom. The zero-order chi connectivity index (χ0) is 14.8. The Morgan fingerprint density at radius 3 is 2.90 bits per heavy atom. The molecular formula is C14H20N6O. The van der Waals surface area contributed by atoms with Crippen molar-refractivity contribution in [2.45, 2.75) is 38.3 Å². The summed E-state index contributed by atoms with van der Waals surface area (Å²) in [5.74, 6) is 0.159. The van der Waals surface area contributed by atoms with Crippen molar-refractivity contribution in [3.63, 3.8) is 0 Å². The van der Waals surface area contributed by atoms with Gasteiger partial charge in [0.25, 0.3) is 5.91 Å². The molecule has 1 fully saturated rings. The van der Waals surface area contributed by atoms with Gasteiger partial charge in [-0.05, 0) is 12.8 Å². The van der Waals surface area contributed by atoms with E-state index in [1.807, 2.05) is 6.20 Å². The van der Waals surface area contributed by atoms with Crippen LogP contribution in [0.3, 0.4) is 0 Å². The molecule has 0 bridgehead atoms. The lowest BCUT2D eigenvalue weighted by Crippen LogP contribution is -2.15. The first kappa shape index (κ1) is 13.7. The molecule has 3 N–H and O–H groups in total. The number of nitrogens with one attached hydrogen (secondary N) is 1. The van der Waals surface area contributed by atoms with E-state index >= 15 is 0 Å². The van der Waals surface area contributed by atoms with Gasteiger partial charge in [-0.15, -0.1) is 0 Å². The molecule has 0 saturated heterocycles. The molecule has 7 heteroatoms. The summed E-state index contributed by atoms with van der Waals surface area (Å²) >= 11 is 0. The van der Waals surface area contributed by atoms with Gasteiger partial charge in [0, 0.05) is 31.4 Å². The van der Waals surface area contributed by atoms with Gasteiger partial charge < -0.3 is 11.1 Å². The van der Waals surface area contributed by atoms with E-state index in [1.165, 1.54) is 30.4 Å². The van der Waals surface area contributed by atoms with E-state index in [1.54, 1.807) is 13.1 Å². The normalized spacial score (nSPS) is 15.5. The van der Waals surface area contributed by atoms with Crippen LogP contribution in [-0.2, 0) is 13.6 Å². The van der Waals surface area contributed by atoms with Crippen molar-refractivity contribution in [2.24, 2.45) is 12.8 Å². The number of primary amides is 1. The van der Waals surface area contributed by atoms with Crippen LogP contribution in [0.2, 0.25) is 0 Å². The summed E-state index contributed by atoms with van der Waals surface area (Å²) in [5, 5.41) is 11.8. The van der Waals surface area contributed by atoms with Gasteiger partial charge in [0.15, 0.2) is 0 Å². The number of amides is 1. The molecule has 1 aliphatic carbocycles. The average molecular weight is 288 g/mol. The highest BCUT2D eigenvalue weighted by atomic mass is 16.1. The number of aromatic nitrogens is 4. The molecule has 3 rings (SSSR count). The summed E-state index contributed by atoms with van der Waals surface area (Å²) in [5.41, 5.74) is 6.76. The van der Waals surface area contributed by atoms with Crippen molar-refractivity contribution in [1.29, 1.82) is 0 Å². The fourth-order valence-corrected chi connectivity index (χ4v) is 2.81. The SMILES string of the molecule is Cn1nc(NCc2cnn(C3CCCC3)c2)cc1C(N)=O. The van der Waals surface area contributed by atoms with Gasteiger partial charge in [0.1, 0.15) is 11.5 Å². The number of nitrogens with two attached hydrogens (primary N) is 1. The first-order chi connectivity index (χ1) is 10.1. The number of anilines is 1. The van der Waals surface area contributed by atoms with Crippen LogP contribution in [0.15, 0.2) is 18.5 Å². The molecule has 2 aromatic rings. The molecule has 0 spiro atoms. The fourth-order valence-electron chi connectivity index (χ4n) is 2.81. The van der Waals surface area contributed by atoms with Gasteiger partial charge in [0.05, 0.1) is 12.2 Å². The number of hydrogen-bond acceptors (Lipinski definition) is 4. The Labute approximate surface area is 123 Å². The van der Waals surface area contributed by atoms with Crippen LogP contribution in [-0.4, -0.2) is 25.5 Å². The Morgan fingerprint density at radius 2 is 2.24 bits per heavy atom. The Kier molecular flexibility index (Phi) is 3.64. The lowest BCUT2D eigenvalue weighted by atomic mass is 10.2. The molecule has 0 aromatic carbocycles. The summed E-state index contributed by atoms with van der Waals surface area (Å²) < 4.78 is 3.55. The second-order valence-electron chi connectivity index (χ2n) is 5.52. The van der Waals surface area contributed by atoms with Gasteiger partial charge in [-0.1, -0.05) is 12.8 Å². The van der Waals surface area contributed by atoms with E-state index in [0.29, 0.717) is 24.1 Å². The van der Waals surface area contributed by atoms with Gasteiger partial charge in [-0.2, -0.15) is 10.2 Å². The van der Waals surface area contributed by atoms with Crippen molar-refractivity contribution in [3.8, 4) is 0 Å². The van der Waals surface area contributed by atoms with Gasteiger partial charge >= 0.3 is 0 Å². The predicted octanol–water partition coefficient (Wildman–Crippen LogP) is 1.44. The monoisotopic (exact) mass is 288 g/mol. The molecule has 2 heterocycles. The van der Waals surface area contributed by atoms with Crippen molar-refractivity contribution in [1.82, 2.24) is 19.6 Å². The molecule has 0 aliphatic heterocycles. The highest BCUT2D eigenvalue weighted by Gasteiger charge is 2.17. The van der Waals surface area contributed by atoms with Crippen LogP contribution >= 0.6 is 0 Å². The number of hydrogen-bond donors (Lipinski definition) is 2. The number of aryl methyl sites for hydroxylation is 1. The van der Waals surface area contributed by atoms with Crippen LogP contribution in [0.4, 0.5) is 5.82 Å². The molecule has 0 unspecified atom stereocenters. The first-order valence-corrected chi connectivity index (χ1v) is 7.24. The number of carbonyl (C=O) groups excluding carboxylic acids is 1. The van der Waals surface area contributed by atoms with E-state index in [4.69, 9.17) is 5.73 Å². The minimum Gasteiger partial charge on any atom is -0.364 e. The topological polar surface area (TPSA) is 90.8 Å². The van der Waals surface area contributed by atoms with Gasteiger partial charge in [-0.25, -0.2) is 0 Å². The lowest BCUT2D eigenvalue weighted by Gasteiger charge is -2.08. The highest BCUT2D eigenvalue weighted by molar-refractivity contribution is 5.91. The second kappa shape index (κ2) is 5.59. The van der Waals surface area contributed by atoms with Crippen molar-refractivity contribution >= 4 is 11.7 Å². The fraction of sp³-hybridized carbons (Fsp3) is 0.500. The molecule has 21 heavy (non-hydrogen) atoms. The highest BCUT2D eigenvalue weighted by Crippen LogP contribution is 2.28. The Hall–Kier alpha value is -2.31. The third kappa shape index (κ3) is 2.91. The largest absolute Gasteiger partial charge is 0.364 e. The minimum absolute atomic E-state index is 0.388. The maximum absolute atomic E-state index is 11.2. The molecule has 7 nitrogen and oxygen atoms in total. The Balaban J connectivity index is 1.62. The van der Waals surface area contributed by atoms with E-state index in [9.17, 15) is 4.79 Å². The maximum Gasteiger partial charge on any atom is 0.267 e. The summed E-state index contributed by atoms with van der Waals surface area (Å²) in [6.45, 7) is 0.627. The number of carbonyl (C=O) groups is 1. The summed E-state index contributed by atoms with van der Waals surface area (Å²) in [7, 11) is 1.70. The summed E-state index contributed by atoms with van der Waals surface area (Å²) in [6, 6.07) is 2.21. The third-order valence-corrected chi connectivity index (χ3v) is 3.96. The van der Waals surface area contributed by atoms with Crippen LogP contribution in [0, 0.1) is 0 Å². The van der Waals surface area contributed by atoms with Crippen LogP contribution in [0.25, 0.3) is 0 Å². The van der Waals surface area contributed by atoms with Gasteiger partial charge in [-0.3, -0.25) is 14.2 Å². The van der Waals surface area contributed by atoms with Gasteiger partial charge in [0.2, 0.25) is 0 Å². The molecule has 2 aromatic heterocycles. The van der Waals surface area contributed by atoms with E-state index < -0.39 is 5.91 Å². The van der Waals surface area contributed by atoms with Crippen molar-refractivity contribution in [3.05, 3.63) is 29.7 Å². The standard InChI is InChI=1S/C14H20N6O/c1-19-12(14(15)21)6-13(18-19)16-7-10-8-17-20(9-10)11-4-2-3-5-11/h6,8-9,11H,2-5,7H2,1H3,(H2,15,21)(H,16,18). The molecule has 1 aliphatic rings. The van der Waals surface area contributed by atoms with E-state index in [0.717, 1.165) is 5.56 Å². The van der Waals surface area contributed by atoms with Crippen LogP contribution in [0.1, 0.15) is 47.8 Å². The molecule has 0 atom stereocenters. The average Bonchev–Trinajstić information content (AvgIpc) is 3.16. The van der Waals surface area contributed by atoms with Crippen molar-refractivity contribution in [2.75, 3.05) is 5.32 Å². The lowest BCUT2D eigenvalue weighted by molar-refractivity contribution is 0.0991. The van der Waals surface area contributed by atoms with Crippen LogP contribution < -0.4 is 11.1 Å². The zero-order valence-electron chi connectivity index (χ0n) is 12.1. The van der Waals surface area contributed by atoms with E-state index in [-0.39, 0.29) is 0 Å². The molecule has 112 valence electrons. The number of nitrogens with zero attached hydrogens (tertiary/aromatic N) is 4. The maximum atomic E-state index is 11.2. The summed E-state index contributed by atoms with van der Waals surface area (Å²) in [6.07, 6.45) is 8.99. The minimum atomic E-state index is -0.480. The summed E-state index contributed by atoms with van der Waals surface area (Å²) in [4.78, 5) is 11.2. The Bertz CT molecular complexity index is 638. The zero-order valence-corrected chi connectivity index (χ0v) is 12.1. The second-order valence-corrected chi connectivity index (χ2v) is 5.52. The predicted molar refractivity (Wildman–Crippen MR) is 78.8 cm³/mol. The number of rotatable bonds is 5. The first-order valence-electron chi connectivity index (χ1n) is 7.24. The smallest absolute Gasteiger partial charge is 0.267 e. The van der Waals surface area contributed by atoms with Crippen molar-refractivity contribution < 1.29 is 4.79 Å². The quantitative estimate of drug-likeness (QED) is 0.871. The molecule has 1 amide bonds. The van der Waals surface area contributed by atoms with E-state index in [2.05, 4.69) is 26.4 Å².